The fourth-order valence-electron chi connectivity index (χ4n) is 3.51. The molecular formula is C22H23NO4. The van der Waals surface area contributed by atoms with E-state index in [1.807, 2.05) is 18.2 Å². The van der Waals surface area contributed by atoms with Crippen molar-refractivity contribution in [1.29, 1.82) is 0 Å². The van der Waals surface area contributed by atoms with Crippen molar-refractivity contribution in [1.82, 2.24) is 0 Å². The fourth-order valence-corrected chi connectivity index (χ4v) is 3.51. The molecule has 0 unspecified atom stereocenters. The molecule has 3 rings (SSSR count). The van der Waals surface area contributed by atoms with Gasteiger partial charge in [-0.25, -0.2) is 0 Å². The fraction of sp³-hybridized carbons (Fsp3) is 0.318. The van der Waals surface area contributed by atoms with Gasteiger partial charge in [-0.1, -0.05) is 44.2 Å². The minimum Gasteiger partial charge on any atom is -0.425 e. The monoisotopic (exact) mass is 365 g/mol. The highest BCUT2D eigenvalue weighted by Crippen LogP contribution is 2.33. The van der Waals surface area contributed by atoms with Crippen LogP contribution in [0.2, 0.25) is 0 Å². The molecule has 0 saturated carbocycles. The third-order valence-electron chi connectivity index (χ3n) is 4.95. The number of rotatable bonds is 6. The number of esters is 1. The average molecular weight is 365 g/mol. The van der Waals surface area contributed by atoms with E-state index in [1.54, 1.807) is 29.2 Å². The number of benzene rings is 2. The van der Waals surface area contributed by atoms with E-state index in [2.05, 4.69) is 13.8 Å². The number of carbonyl (C=O) groups excluding carboxylic acids is 3. The number of ether oxygens (including phenoxy) is 1. The Morgan fingerprint density at radius 2 is 1.78 bits per heavy atom. The molecule has 0 aromatic heterocycles. The molecule has 2 aromatic carbocycles. The highest BCUT2D eigenvalue weighted by Gasteiger charge is 2.37. The van der Waals surface area contributed by atoms with E-state index in [4.69, 9.17) is 4.74 Å². The van der Waals surface area contributed by atoms with Gasteiger partial charge in [0.2, 0.25) is 5.91 Å². The normalized spacial score (nSPS) is 16.4. The molecule has 0 N–H and O–H groups in total. The largest absolute Gasteiger partial charge is 0.425 e. The number of aldehydes is 1. The lowest BCUT2D eigenvalue weighted by molar-refractivity contribution is -0.139. The number of hydrogen-bond acceptors (Lipinski definition) is 4. The molecule has 1 aliphatic heterocycles. The number of anilines is 1. The number of amides is 1. The average Bonchev–Trinajstić information content (AvgIpc) is 3.09. The summed E-state index contributed by atoms with van der Waals surface area (Å²) < 4.78 is 5.42. The Balaban J connectivity index is 1.82. The lowest BCUT2D eigenvalue weighted by Gasteiger charge is -2.23. The van der Waals surface area contributed by atoms with Crippen molar-refractivity contribution in [2.45, 2.75) is 33.1 Å². The Labute approximate surface area is 158 Å². The molecule has 1 amide bonds. The summed E-state index contributed by atoms with van der Waals surface area (Å²) in [6.45, 7) is 4.41. The second kappa shape index (κ2) is 8.16. The summed E-state index contributed by atoms with van der Waals surface area (Å²) in [6, 6.07) is 12.6. The van der Waals surface area contributed by atoms with Crippen LogP contribution in [-0.2, 0) is 22.4 Å². The van der Waals surface area contributed by atoms with E-state index >= 15 is 0 Å². The van der Waals surface area contributed by atoms with Gasteiger partial charge in [-0.15, -0.1) is 0 Å². The van der Waals surface area contributed by atoms with Crippen molar-refractivity contribution in [3.8, 4) is 5.75 Å². The van der Waals surface area contributed by atoms with Crippen LogP contribution in [0.4, 0.5) is 5.69 Å². The van der Waals surface area contributed by atoms with Gasteiger partial charge in [0.25, 0.3) is 0 Å². The van der Waals surface area contributed by atoms with Crippen molar-refractivity contribution in [2.75, 3.05) is 11.4 Å². The quantitative estimate of drug-likeness (QED) is 0.446. The molecular weight excluding hydrogens is 342 g/mol. The van der Waals surface area contributed by atoms with Crippen LogP contribution < -0.4 is 9.64 Å². The molecule has 0 bridgehead atoms. The maximum atomic E-state index is 12.7. The van der Waals surface area contributed by atoms with Crippen LogP contribution in [0.15, 0.2) is 42.5 Å². The van der Waals surface area contributed by atoms with Crippen molar-refractivity contribution < 1.29 is 19.1 Å². The molecule has 0 radical (unpaired) electrons. The SMILES string of the molecule is CCc1cccc(CC)c1N1C[C@H](C(=O)Oc2ccccc2C=O)CC1=O. The number of nitrogens with zero attached hydrogens (tertiary/aromatic N) is 1. The van der Waals surface area contributed by atoms with E-state index in [9.17, 15) is 14.4 Å². The van der Waals surface area contributed by atoms with Crippen LogP contribution >= 0.6 is 0 Å². The predicted molar refractivity (Wildman–Crippen MR) is 103 cm³/mol. The first-order valence-electron chi connectivity index (χ1n) is 9.26. The van der Waals surface area contributed by atoms with Crippen molar-refractivity contribution in [3.63, 3.8) is 0 Å². The third-order valence-corrected chi connectivity index (χ3v) is 4.95. The molecule has 0 spiro atoms. The number of aryl methyl sites for hydroxylation is 2. The predicted octanol–water partition coefficient (Wildman–Crippen LogP) is 3.58. The molecule has 5 nitrogen and oxygen atoms in total. The van der Waals surface area contributed by atoms with Crippen LogP contribution in [0.25, 0.3) is 0 Å². The Hall–Kier alpha value is -2.95. The Morgan fingerprint density at radius 3 is 2.41 bits per heavy atom. The summed E-state index contributed by atoms with van der Waals surface area (Å²) >= 11 is 0. The number of hydrogen-bond donors (Lipinski definition) is 0. The third kappa shape index (κ3) is 3.77. The van der Waals surface area contributed by atoms with E-state index in [1.165, 1.54) is 0 Å². The molecule has 2 aromatic rings. The molecule has 1 heterocycles. The lowest BCUT2D eigenvalue weighted by atomic mass is 10.0. The first-order valence-corrected chi connectivity index (χ1v) is 9.26. The van der Waals surface area contributed by atoms with Gasteiger partial charge in [0.1, 0.15) is 5.75 Å². The summed E-state index contributed by atoms with van der Waals surface area (Å²) in [7, 11) is 0. The Kier molecular flexibility index (Phi) is 5.69. The standard InChI is InChI=1S/C22H23NO4/c1-3-15-9-7-10-16(4-2)21(15)23-13-18(12-20(23)25)22(26)27-19-11-6-5-8-17(19)14-24/h5-11,14,18H,3-4,12-13H2,1-2H3/t18-/m1/s1. The molecule has 5 heteroatoms. The smallest absolute Gasteiger partial charge is 0.316 e. The van der Waals surface area contributed by atoms with Gasteiger partial charge in [-0.05, 0) is 36.1 Å². The van der Waals surface area contributed by atoms with E-state index in [0.29, 0.717) is 18.4 Å². The van der Waals surface area contributed by atoms with Crippen LogP contribution in [0.3, 0.4) is 0 Å². The summed E-state index contributed by atoms with van der Waals surface area (Å²) in [5, 5.41) is 0. The van der Waals surface area contributed by atoms with Gasteiger partial charge in [-0.3, -0.25) is 14.4 Å². The molecule has 1 aliphatic rings. The molecule has 1 fully saturated rings. The van der Waals surface area contributed by atoms with Crippen molar-refractivity contribution >= 4 is 23.9 Å². The lowest BCUT2D eigenvalue weighted by Crippen LogP contribution is -2.29. The summed E-state index contributed by atoms with van der Waals surface area (Å²) in [5.74, 6) is -0.873. The summed E-state index contributed by atoms with van der Waals surface area (Å²) in [4.78, 5) is 38.1. The van der Waals surface area contributed by atoms with Crippen LogP contribution in [0.1, 0.15) is 41.8 Å². The van der Waals surface area contributed by atoms with E-state index in [0.717, 1.165) is 29.7 Å². The first-order chi connectivity index (χ1) is 13.1. The minimum atomic E-state index is -0.549. The number of para-hydroxylation sites is 2. The highest BCUT2D eigenvalue weighted by molar-refractivity contribution is 6.01. The molecule has 27 heavy (non-hydrogen) atoms. The van der Waals surface area contributed by atoms with Gasteiger partial charge in [-0.2, -0.15) is 0 Å². The van der Waals surface area contributed by atoms with Gasteiger partial charge >= 0.3 is 5.97 Å². The Bertz CT molecular complexity index is 852. The number of carbonyl (C=O) groups is 3. The first kappa shape index (κ1) is 18.8. The van der Waals surface area contributed by atoms with Gasteiger partial charge in [0, 0.05) is 18.7 Å². The van der Waals surface area contributed by atoms with Crippen LogP contribution in [0, 0.1) is 5.92 Å². The second-order valence-electron chi connectivity index (χ2n) is 6.61. The highest BCUT2D eigenvalue weighted by atomic mass is 16.5. The van der Waals surface area contributed by atoms with Gasteiger partial charge in [0.15, 0.2) is 6.29 Å². The molecule has 1 atom stereocenters. The zero-order valence-corrected chi connectivity index (χ0v) is 15.6. The molecule has 0 aliphatic carbocycles. The van der Waals surface area contributed by atoms with Crippen molar-refractivity contribution in [2.24, 2.45) is 5.92 Å². The minimum absolute atomic E-state index is 0.0729. The maximum Gasteiger partial charge on any atom is 0.316 e. The molecule has 1 saturated heterocycles. The van der Waals surface area contributed by atoms with Crippen LogP contribution in [-0.4, -0.2) is 24.7 Å². The summed E-state index contributed by atoms with van der Waals surface area (Å²) in [5.41, 5.74) is 3.44. The van der Waals surface area contributed by atoms with Gasteiger partial charge in [0.05, 0.1) is 11.5 Å². The van der Waals surface area contributed by atoms with E-state index in [-0.39, 0.29) is 18.1 Å². The van der Waals surface area contributed by atoms with Crippen LogP contribution in [0.5, 0.6) is 5.75 Å². The zero-order valence-electron chi connectivity index (χ0n) is 15.6. The molecule has 140 valence electrons. The maximum absolute atomic E-state index is 12.7. The van der Waals surface area contributed by atoms with Gasteiger partial charge < -0.3 is 9.64 Å². The second-order valence-corrected chi connectivity index (χ2v) is 6.61. The zero-order chi connectivity index (χ0) is 19.4. The topological polar surface area (TPSA) is 63.7 Å². The summed E-state index contributed by atoms with van der Waals surface area (Å²) in [6.07, 6.45) is 2.40. The van der Waals surface area contributed by atoms with E-state index < -0.39 is 11.9 Å². The Morgan fingerprint density at radius 1 is 1.11 bits per heavy atom. The van der Waals surface area contributed by atoms with Crippen molar-refractivity contribution in [3.05, 3.63) is 59.2 Å².